The van der Waals surface area contributed by atoms with Gasteiger partial charge in [0.05, 0.1) is 5.52 Å². The quantitative estimate of drug-likeness (QED) is 0.541. The molecular weight excluding hydrogens is 404 g/mol. The smallest absolute Gasteiger partial charge is 0.410 e. The fraction of sp³-hybridized carbons (Fsp3) is 0.680. The third-order valence-corrected chi connectivity index (χ3v) is 6.14. The monoisotopic (exact) mass is 442 g/mol. The van der Waals surface area contributed by atoms with Crippen LogP contribution in [0.2, 0.25) is 0 Å². The first kappa shape index (κ1) is 22.9. The summed E-state index contributed by atoms with van der Waals surface area (Å²) in [6.45, 7) is 10.0. The summed E-state index contributed by atoms with van der Waals surface area (Å²) >= 11 is 0. The maximum absolute atomic E-state index is 12.8. The number of carbonyl (C=O) groups is 1. The van der Waals surface area contributed by atoms with E-state index in [1.165, 1.54) is 24.6 Å². The van der Waals surface area contributed by atoms with Crippen molar-refractivity contribution in [2.75, 3.05) is 31.7 Å². The maximum Gasteiger partial charge on any atom is 0.410 e. The third kappa shape index (κ3) is 5.55. The molecule has 4 rings (SSSR count). The number of nitrogens with zero attached hydrogens (tertiary/aromatic N) is 4. The first-order valence-corrected chi connectivity index (χ1v) is 12.1. The average molecular weight is 443 g/mol. The van der Waals surface area contributed by atoms with Crippen LogP contribution < -0.4 is 4.90 Å². The molecule has 1 amide bonds. The van der Waals surface area contributed by atoms with Crippen LogP contribution in [0, 0.1) is 0 Å². The molecule has 0 radical (unpaired) electrons. The van der Waals surface area contributed by atoms with Gasteiger partial charge in [-0.25, -0.2) is 4.79 Å². The molecule has 0 atom stereocenters. The second-order valence-corrected chi connectivity index (χ2v) is 10.1. The molecule has 1 saturated carbocycles. The molecule has 0 bridgehead atoms. The molecule has 1 aliphatic heterocycles. The Bertz CT molecular complexity index is 923. The van der Waals surface area contributed by atoms with Crippen molar-refractivity contribution in [2.24, 2.45) is 0 Å². The van der Waals surface area contributed by atoms with E-state index in [1.807, 2.05) is 25.7 Å². The molecule has 1 aliphatic carbocycles. The molecule has 2 heterocycles. The highest BCUT2D eigenvalue weighted by atomic mass is 16.6. The Hall–Kier alpha value is -2.28. The molecule has 1 aromatic heterocycles. The number of ether oxygens (including phenoxy) is 2. The Morgan fingerprint density at radius 2 is 1.94 bits per heavy atom. The number of benzene rings is 1. The lowest BCUT2D eigenvalue weighted by atomic mass is 10.1. The van der Waals surface area contributed by atoms with Crippen molar-refractivity contribution < 1.29 is 14.3 Å². The molecular formula is C25H38N4O3. The van der Waals surface area contributed by atoms with Crippen LogP contribution in [-0.2, 0) is 22.6 Å². The Morgan fingerprint density at radius 3 is 2.59 bits per heavy atom. The van der Waals surface area contributed by atoms with E-state index in [0.717, 1.165) is 55.8 Å². The summed E-state index contributed by atoms with van der Waals surface area (Å²) in [4.78, 5) is 17.1. The number of anilines is 1. The van der Waals surface area contributed by atoms with Gasteiger partial charge in [-0.1, -0.05) is 6.07 Å². The largest absolute Gasteiger partial charge is 0.444 e. The molecule has 0 unspecified atom stereocenters. The Labute approximate surface area is 191 Å². The molecule has 2 aliphatic rings. The van der Waals surface area contributed by atoms with E-state index < -0.39 is 5.60 Å². The van der Waals surface area contributed by atoms with Crippen molar-refractivity contribution in [3.63, 3.8) is 0 Å². The lowest BCUT2D eigenvalue weighted by Crippen LogP contribution is -2.37. The number of carbonyl (C=O) groups excluding carboxylic acids is 1. The van der Waals surface area contributed by atoms with Crippen molar-refractivity contribution >= 4 is 22.8 Å². The van der Waals surface area contributed by atoms with Crippen LogP contribution in [0.3, 0.4) is 0 Å². The van der Waals surface area contributed by atoms with Gasteiger partial charge >= 0.3 is 6.09 Å². The fourth-order valence-corrected chi connectivity index (χ4v) is 4.41. The minimum absolute atomic E-state index is 0.220. The lowest BCUT2D eigenvalue weighted by molar-refractivity contribution is 0.0217. The normalized spacial score (nSPS) is 17.1. The predicted molar refractivity (Wildman–Crippen MR) is 127 cm³/mol. The molecule has 1 saturated heterocycles. The van der Waals surface area contributed by atoms with E-state index in [9.17, 15) is 4.79 Å². The molecule has 1 aromatic carbocycles. The number of hydrogen-bond acceptors (Lipinski definition) is 5. The summed E-state index contributed by atoms with van der Waals surface area (Å²) in [6, 6.07) is 6.84. The van der Waals surface area contributed by atoms with E-state index >= 15 is 0 Å². The second-order valence-electron chi connectivity index (χ2n) is 10.1. The summed E-state index contributed by atoms with van der Waals surface area (Å²) in [7, 11) is 1.74. The Balaban J connectivity index is 1.61. The van der Waals surface area contributed by atoms with Crippen molar-refractivity contribution in [1.82, 2.24) is 14.7 Å². The van der Waals surface area contributed by atoms with Gasteiger partial charge in [-0.05, 0) is 77.0 Å². The van der Waals surface area contributed by atoms with E-state index in [-0.39, 0.29) is 12.1 Å². The standard InChI is InChI=1S/C25H38N4O3/c1-25(2,3)32-24(30)28(20-10-11-20)18-19-9-12-21-22(17-19)29(15-8-16-31-4)26-23(21)27-13-6-5-7-14-27/h9,12,17,20H,5-8,10-11,13-16,18H2,1-4H3. The summed E-state index contributed by atoms with van der Waals surface area (Å²) in [6.07, 6.45) is 6.55. The minimum Gasteiger partial charge on any atom is -0.444 e. The number of methoxy groups -OCH3 is 1. The van der Waals surface area contributed by atoms with E-state index in [2.05, 4.69) is 27.8 Å². The average Bonchev–Trinajstić information content (AvgIpc) is 3.53. The number of hydrogen-bond donors (Lipinski definition) is 0. The molecule has 2 aromatic rings. The molecule has 0 N–H and O–H groups in total. The molecule has 176 valence electrons. The zero-order chi connectivity index (χ0) is 22.7. The van der Waals surface area contributed by atoms with Crippen LogP contribution in [0.4, 0.5) is 10.6 Å². The highest BCUT2D eigenvalue weighted by molar-refractivity contribution is 5.91. The van der Waals surface area contributed by atoms with Crippen molar-refractivity contribution in [2.45, 2.75) is 84.0 Å². The number of aryl methyl sites for hydroxylation is 1. The van der Waals surface area contributed by atoms with E-state index in [1.54, 1.807) is 7.11 Å². The van der Waals surface area contributed by atoms with Gasteiger partial charge in [-0.2, -0.15) is 5.10 Å². The second kappa shape index (κ2) is 9.69. The van der Waals surface area contributed by atoms with Gasteiger partial charge in [-0.3, -0.25) is 4.68 Å². The molecule has 2 fully saturated rings. The highest BCUT2D eigenvalue weighted by Gasteiger charge is 2.35. The highest BCUT2D eigenvalue weighted by Crippen LogP contribution is 2.33. The summed E-state index contributed by atoms with van der Waals surface area (Å²) < 4.78 is 13.1. The van der Waals surface area contributed by atoms with Gasteiger partial charge < -0.3 is 19.3 Å². The zero-order valence-corrected chi connectivity index (χ0v) is 20.1. The summed E-state index contributed by atoms with van der Waals surface area (Å²) in [5.74, 6) is 1.09. The Kier molecular flexibility index (Phi) is 6.93. The van der Waals surface area contributed by atoms with Crippen LogP contribution in [0.5, 0.6) is 0 Å². The molecule has 0 spiro atoms. The van der Waals surface area contributed by atoms with E-state index in [0.29, 0.717) is 13.2 Å². The molecule has 7 heteroatoms. The number of amides is 1. The van der Waals surface area contributed by atoms with Crippen molar-refractivity contribution in [3.8, 4) is 0 Å². The minimum atomic E-state index is -0.489. The van der Waals surface area contributed by atoms with Crippen LogP contribution in [0.15, 0.2) is 18.2 Å². The van der Waals surface area contributed by atoms with Crippen LogP contribution in [-0.4, -0.2) is 59.2 Å². The van der Waals surface area contributed by atoms with E-state index in [4.69, 9.17) is 14.6 Å². The SMILES string of the molecule is COCCCn1nc(N2CCCCC2)c2ccc(CN(C(=O)OC(C)(C)C)C3CC3)cc21. The van der Waals surface area contributed by atoms with Gasteiger partial charge in [0.15, 0.2) is 5.82 Å². The summed E-state index contributed by atoms with van der Waals surface area (Å²) in [5.41, 5.74) is 1.77. The van der Waals surface area contributed by atoms with Gasteiger partial charge in [0.2, 0.25) is 0 Å². The third-order valence-electron chi connectivity index (χ3n) is 6.14. The van der Waals surface area contributed by atoms with Gasteiger partial charge in [0, 0.05) is 51.3 Å². The first-order valence-electron chi connectivity index (χ1n) is 12.1. The zero-order valence-electron chi connectivity index (χ0n) is 20.1. The van der Waals surface area contributed by atoms with Crippen LogP contribution in [0.1, 0.15) is 64.9 Å². The lowest BCUT2D eigenvalue weighted by Gasteiger charge is -2.27. The van der Waals surface area contributed by atoms with Gasteiger partial charge in [0.1, 0.15) is 5.60 Å². The number of aromatic nitrogens is 2. The maximum atomic E-state index is 12.8. The first-order chi connectivity index (χ1) is 15.4. The topological polar surface area (TPSA) is 59.8 Å². The van der Waals surface area contributed by atoms with Crippen molar-refractivity contribution in [3.05, 3.63) is 23.8 Å². The van der Waals surface area contributed by atoms with Crippen LogP contribution >= 0.6 is 0 Å². The molecule has 7 nitrogen and oxygen atoms in total. The Morgan fingerprint density at radius 1 is 1.19 bits per heavy atom. The molecule has 32 heavy (non-hydrogen) atoms. The number of piperidine rings is 1. The summed E-state index contributed by atoms with van der Waals surface area (Å²) in [5, 5.41) is 6.22. The number of rotatable bonds is 8. The fourth-order valence-electron chi connectivity index (χ4n) is 4.41. The van der Waals surface area contributed by atoms with Gasteiger partial charge in [-0.15, -0.1) is 0 Å². The van der Waals surface area contributed by atoms with Crippen LogP contribution in [0.25, 0.3) is 10.9 Å². The van der Waals surface area contributed by atoms with Crippen molar-refractivity contribution in [1.29, 1.82) is 0 Å². The predicted octanol–water partition coefficient (Wildman–Crippen LogP) is 4.96. The van der Waals surface area contributed by atoms with Gasteiger partial charge in [0.25, 0.3) is 0 Å². The number of fused-ring (bicyclic) bond motifs is 1.